The van der Waals surface area contributed by atoms with Crippen molar-refractivity contribution in [1.29, 1.82) is 0 Å². The summed E-state index contributed by atoms with van der Waals surface area (Å²) in [4.78, 5) is 10.8. The highest BCUT2D eigenvalue weighted by Gasteiger charge is 2.15. The molecule has 0 bridgehead atoms. The Morgan fingerprint density at radius 3 is 3.26 bits per heavy atom. The van der Waals surface area contributed by atoms with Gasteiger partial charge in [0.1, 0.15) is 6.23 Å². The molecule has 2 heterocycles. The van der Waals surface area contributed by atoms with E-state index in [9.17, 15) is 4.79 Å². The van der Waals surface area contributed by atoms with Crippen LogP contribution in [-0.4, -0.2) is 27.3 Å². The number of thioether (sulfide) groups is 1. The van der Waals surface area contributed by atoms with Gasteiger partial charge >= 0.3 is 0 Å². The van der Waals surface area contributed by atoms with Crippen LogP contribution < -0.4 is 0 Å². The molecule has 0 spiro atoms. The lowest BCUT2D eigenvalue weighted by atomic mass is 10.2. The molecule has 0 amide bonds. The Kier molecular flexibility index (Phi) is 5.66. The number of nitrogens with zero attached hydrogens (tertiary/aromatic N) is 2. The molecule has 1 aromatic rings. The number of rotatable bonds is 5. The highest BCUT2D eigenvalue weighted by atomic mass is 32.2. The molecule has 2 rings (SSSR count). The molecule has 1 saturated heterocycles. The van der Waals surface area contributed by atoms with Gasteiger partial charge in [0.15, 0.2) is 5.12 Å². The maximum absolute atomic E-state index is 10.8. The van der Waals surface area contributed by atoms with Gasteiger partial charge in [-0.1, -0.05) is 23.9 Å². The van der Waals surface area contributed by atoms with E-state index in [4.69, 9.17) is 4.74 Å². The molecule has 1 aliphatic rings. The smallest absolute Gasteiger partial charge is 0.185 e. The van der Waals surface area contributed by atoms with E-state index >= 15 is 0 Å². The first kappa shape index (κ1) is 14.3. The number of hydrogen-bond acceptors (Lipinski definition) is 4. The highest BCUT2D eigenvalue weighted by molar-refractivity contribution is 8.13. The first-order valence-electron chi connectivity index (χ1n) is 6.71. The van der Waals surface area contributed by atoms with Gasteiger partial charge in [-0.2, -0.15) is 5.10 Å². The Balaban J connectivity index is 1.79. The van der Waals surface area contributed by atoms with Gasteiger partial charge in [-0.15, -0.1) is 0 Å². The SMILES string of the molecule is CC(=O)SCCC=Cc1cnn([C@@H]2CCCCO2)c1. The Bertz CT molecular complexity index is 436. The lowest BCUT2D eigenvalue weighted by Gasteiger charge is -2.22. The molecule has 1 fully saturated rings. The summed E-state index contributed by atoms with van der Waals surface area (Å²) in [5.41, 5.74) is 1.09. The molecular weight excluding hydrogens is 260 g/mol. The molecule has 0 aromatic carbocycles. The van der Waals surface area contributed by atoms with Gasteiger partial charge < -0.3 is 4.74 Å². The van der Waals surface area contributed by atoms with Crippen LogP contribution in [-0.2, 0) is 9.53 Å². The highest BCUT2D eigenvalue weighted by Crippen LogP contribution is 2.22. The average molecular weight is 280 g/mol. The molecule has 4 nitrogen and oxygen atoms in total. The van der Waals surface area contributed by atoms with E-state index in [0.717, 1.165) is 37.2 Å². The van der Waals surface area contributed by atoms with Crippen LogP contribution in [0.4, 0.5) is 0 Å². The third-order valence-corrected chi connectivity index (χ3v) is 3.82. The second-order valence-electron chi connectivity index (χ2n) is 4.61. The number of hydrogen-bond donors (Lipinski definition) is 0. The Morgan fingerprint density at radius 1 is 1.63 bits per heavy atom. The summed E-state index contributed by atoms with van der Waals surface area (Å²) < 4.78 is 7.59. The van der Waals surface area contributed by atoms with Gasteiger partial charge in [0.2, 0.25) is 0 Å². The maximum Gasteiger partial charge on any atom is 0.185 e. The van der Waals surface area contributed by atoms with Crippen molar-refractivity contribution in [3.63, 3.8) is 0 Å². The standard InChI is InChI=1S/C14H20N2O2S/c1-12(17)19-9-5-3-6-13-10-15-16(11-13)14-7-2-4-8-18-14/h3,6,10-11,14H,2,4-5,7-9H2,1H3/t14-/m0/s1. The summed E-state index contributed by atoms with van der Waals surface area (Å²) in [6.45, 7) is 2.43. The topological polar surface area (TPSA) is 44.1 Å². The minimum absolute atomic E-state index is 0.101. The summed E-state index contributed by atoms with van der Waals surface area (Å²) >= 11 is 1.36. The quantitative estimate of drug-likeness (QED) is 0.777. The van der Waals surface area contributed by atoms with E-state index < -0.39 is 0 Å². The molecule has 104 valence electrons. The minimum atomic E-state index is 0.101. The molecule has 1 aliphatic heterocycles. The molecule has 0 radical (unpaired) electrons. The molecule has 5 heteroatoms. The largest absolute Gasteiger partial charge is 0.357 e. The van der Waals surface area contributed by atoms with E-state index in [1.54, 1.807) is 6.92 Å². The van der Waals surface area contributed by atoms with E-state index in [2.05, 4.69) is 11.2 Å². The van der Waals surface area contributed by atoms with Crippen molar-refractivity contribution >= 4 is 23.0 Å². The van der Waals surface area contributed by atoms with Gasteiger partial charge in [-0.25, -0.2) is 4.68 Å². The molecule has 0 saturated carbocycles. The third-order valence-electron chi connectivity index (χ3n) is 2.97. The molecule has 1 atom stereocenters. The van der Waals surface area contributed by atoms with Crippen LogP contribution in [0.5, 0.6) is 0 Å². The Morgan fingerprint density at radius 2 is 2.53 bits per heavy atom. The van der Waals surface area contributed by atoms with Crippen LogP contribution in [0.15, 0.2) is 18.5 Å². The summed E-state index contributed by atoms with van der Waals surface area (Å²) in [6, 6.07) is 0. The first-order chi connectivity index (χ1) is 9.25. The molecule has 1 aromatic heterocycles. The Labute approximate surface area is 118 Å². The number of aromatic nitrogens is 2. The van der Waals surface area contributed by atoms with Crippen molar-refractivity contribution in [2.75, 3.05) is 12.4 Å². The van der Waals surface area contributed by atoms with Crippen molar-refractivity contribution < 1.29 is 9.53 Å². The zero-order valence-electron chi connectivity index (χ0n) is 11.2. The summed E-state index contributed by atoms with van der Waals surface area (Å²) in [5, 5.41) is 4.52. The van der Waals surface area contributed by atoms with Crippen LogP contribution in [0.1, 0.15) is 44.4 Å². The van der Waals surface area contributed by atoms with Crippen molar-refractivity contribution in [1.82, 2.24) is 9.78 Å². The van der Waals surface area contributed by atoms with E-state index in [1.165, 1.54) is 18.2 Å². The third kappa shape index (κ3) is 4.84. The summed E-state index contributed by atoms with van der Waals surface area (Å²) in [5.74, 6) is 0.839. The average Bonchev–Trinajstić information content (AvgIpc) is 2.88. The van der Waals surface area contributed by atoms with Crippen molar-refractivity contribution in [3.8, 4) is 0 Å². The van der Waals surface area contributed by atoms with Crippen LogP contribution in [0.3, 0.4) is 0 Å². The number of carbonyl (C=O) groups excluding carboxylic acids is 1. The number of ether oxygens (including phenoxy) is 1. The molecule has 0 N–H and O–H groups in total. The van der Waals surface area contributed by atoms with Crippen molar-refractivity contribution in [2.24, 2.45) is 0 Å². The van der Waals surface area contributed by atoms with Crippen molar-refractivity contribution in [2.45, 2.75) is 38.8 Å². The maximum atomic E-state index is 10.8. The van der Waals surface area contributed by atoms with Gasteiger partial charge in [0.25, 0.3) is 0 Å². The van der Waals surface area contributed by atoms with Gasteiger partial charge in [0, 0.05) is 31.0 Å². The van der Waals surface area contributed by atoms with Gasteiger partial charge in [-0.3, -0.25) is 4.79 Å². The van der Waals surface area contributed by atoms with Crippen LogP contribution in [0.25, 0.3) is 6.08 Å². The number of carbonyl (C=O) groups is 1. The van der Waals surface area contributed by atoms with Crippen LogP contribution in [0, 0.1) is 0 Å². The molecule has 0 aliphatic carbocycles. The molecule has 19 heavy (non-hydrogen) atoms. The van der Waals surface area contributed by atoms with Crippen molar-refractivity contribution in [3.05, 3.63) is 24.0 Å². The fourth-order valence-electron chi connectivity index (χ4n) is 2.02. The lowest BCUT2D eigenvalue weighted by molar-refractivity contribution is -0.109. The predicted octanol–water partition coefficient (Wildman–Crippen LogP) is 3.27. The normalized spacial score (nSPS) is 19.9. The zero-order chi connectivity index (χ0) is 13.5. The zero-order valence-corrected chi connectivity index (χ0v) is 12.1. The second kappa shape index (κ2) is 7.50. The Hall–Kier alpha value is -1.07. The fraction of sp³-hybridized carbons (Fsp3) is 0.571. The number of allylic oxidation sites excluding steroid dienone is 1. The minimum Gasteiger partial charge on any atom is -0.357 e. The lowest BCUT2D eigenvalue weighted by Crippen LogP contribution is -2.18. The van der Waals surface area contributed by atoms with Gasteiger partial charge in [0.05, 0.1) is 6.20 Å². The summed E-state index contributed by atoms with van der Waals surface area (Å²) in [7, 11) is 0. The van der Waals surface area contributed by atoms with E-state index in [-0.39, 0.29) is 11.3 Å². The van der Waals surface area contributed by atoms with Crippen LogP contribution in [0.2, 0.25) is 0 Å². The predicted molar refractivity (Wildman–Crippen MR) is 77.9 cm³/mol. The molecule has 0 unspecified atom stereocenters. The van der Waals surface area contributed by atoms with Gasteiger partial charge in [-0.05, 0) is 25.7 Å². The summed E-state index contributed by atoms with van der Waals surface area (Å²) in [6.07, 6.45) is 12.4. The van der Waals surface area contributed by atoms with Crippen LogP contribution >= 0.6 is 11.8 Å². The first-order valence-corrected chi connectivity index (χ1v) is 7.70. The molecular formula is C14H20N2O2S. The van der Waals surface area contributed by atoms with E-state index in [1.807, 2.05) is 23.2 Å². The monoisotopic (exact) mass is 280 g/mol. The second-order valence-corrected chi connectivity index (χ2v) is 5.88. The fourth-order valence-corrected chi connectivity index (χ4v) is 2.56. The van der Waals surface area contributed by atoms with E-state index in [0.29, 0.717) is 0 Å².